The summed E-state index contributed by atoms with van der Waals surface area (Å²) in [6.07, 6.45) is 0. The molecule has 0 radical (unpaired) electrons. The van der Waals surface area contributed by atoms with Crippen molar-refractivity contribution in [3.63, 3.8) is 0 Å². The number of benzene rings is 1. The van der Waals surface area contributed by atoms with E-state index in [1.165, 1.54) is 4.31 Å². The highest BCUT2D eigenvalue weighted by Gasteiger charge is 2.30. The van der Waals surface area contributed by atoms with Crippen molar-refractivity contribution < 1.29 is 12.8 Å². The zero-order valence-electron chi connectivity index (χ0n) is 14.5. The van der Waals surface area contributed by atoms with Crippen LogP contribution < -0.4 is 4.90 Å². The summed E-state index contributed by atoms with van der Waals surface area (Å²) >= 11 is 7.07. The van der Waals surface area contributed by atoms with Crippen molar-refractivity contribution in [3.8, 4) is 10.8 Å². The minimum absolute atomic E-state index is 0.285. The number of sulfonamides is 1. The van der Waals surface area contributed by atoms with Crippen LogP contribution in [0.4, 0.5) is 5.69 Å². The van der Waals surface area contributed by atoms with Crippen LogP contribution in [0.15, 0.2) is 45.0 Å². The van der Waals surface area contributed by atoms with Crippen LogP contribution in [0, 0.1) is 6.92 Å². The molecule has 0 N–H and O–H groups in total. The SMILES string of the molecule is Cc1nnc(-c2ccc(S(=O)(=O)N3CCN(c4ccc(Cl)cc4)CC3)s2)o1. The summed E-state index contributed by atoms with van der Waals surface area (Å²) in [4.78, 5) is 2.80. The van der Waals surface area contributed by atoms with Crippen LogP contribution in [-0.4, -0.2) is 49.1 Å². The van der Waals surface area contributed by atoms with Crippen molar-refractivity contribution in [2.45, 2.75) is 11.1 Å². The maximum absolute atomic E-state index is 13.0. The van der Waals surface area contributed by atoms with Gasteiger partial charge in [0.15, 0.2) is 0 Å². The number of aryl methyl sites for hydroxylation is 1. The molecule has 7 nitrogen and oxygen atoms in total. The first-order valence-electron chi connectivity index (χ1n) is 8.34. The Morgan fingerprint density at radius 3 is 2.37 bits per heavy atom. The third kappa shape index (κ3) is 3.73. The predicted molar refractivity (Wildman–Crippen MR) is 105 cm³/mol. The normalized spacial score (nSPS) is 16.0. The molecule has 0 saturated carbocycles. The number of aromatic nitrogens is 2. The van der Waals surface area contributed by atoms with E-state index < -0.39 is 10.0 Å². The van der Waals surface area contributed by atoms with Gasteiger partial charge in [-0.3, -0.25) is 0 Å². The fourth-order valence-electron chi connectivity index (χ4n) is 2.94. The molecule has 0 spiro atoms. The highest BCUT2D eigenvalue weighted by molar-refractivity contribution is 7.91. The van der Waals surface area contributed by atoms with Gasteiger partial charge in [0.1, 0.15) is 4.21 Å². The van der Waals surface area contributed by atoms with Gasteiger partial charge >= 0.3 is 0 Å². The van der Waals surface area contributed by atoms with Gasteiger partial charge in [0.2, 0.25) is 5.89 Å². The second-order valence-corrected chi connectivity index (χ2v) is 9.80. The van der Waals surface area contributed by atoms with Crippen LogP contribution >= 0.6 is 22.9 Å². The second-order valence-electron chi connectivity index (χ2n) is 6.11. The van der Waals surface area contributed by atoms with Crippen molar-refractivity contribution in [2.24, 2.45) is 0 Å². The van der Waals surface area contributed by atoms with Crippen molar-refractivity contribution in [3.05, 3.63) is 47.3 Å². The summed E-state index contributed by atoms with van der Waals surface area (Å²) in [5.41, 5.74) is 1.04. The molecule has 0 unspecified atom stereocenters. The standard InChI is InChI=1S/C17H17ClN4O3S2/c1-12-19-20-17(25-12)15-6-7-16(26-15)27(23,24)22-10-8-21(9-11-22)14-4-2-13(18)3-5-14/h2-7H,8-11H2,1H3. The van der Waals surface area contributed by atoms with Crippen molar-refractivity contribution >= 4 is 38.6 Å². The predicted octanol–water partition coefficient (Wildman–Crippen LogP) is 3.27. The van der Waals surface area contributed by atoms with Gasteiger partial charge in [-0.15, -0.1) is 21.5 Å². The lowest BCUT2D eigenvalue weighted by molar-refractivity contribution is 0.386. The highest BCUT2D eigenvalue weighted by Crippen LogP contribution is 2.32. The summed E-state index contributed by atoms with van der Waals surface area (Å²) in [5.74, 6) is 0.785. The highest BCUT2D eigenvalue weighted by atomic mass is 35.5. The number of halogens is 1. The van der Waals surface area contributed by atoms with Gasteiger partial charge in [-0.1, -0.05) is 11.6 Å². The Hall–Kier alpha value is -1.94. The average molecular weight is 425 g/mol. The molecule has 1 aliphatic rings. The molecule has 142 valence electrons. The Morgan fingerprint density at radius 1 is 1.04 bits per heavy atom. The number of hydrogen-bond acceptors (Lipinski definition) is 7. The van der Waals surface area contributed by atoms with Crippen molar-refractivity contribution in [1.29, 1.82) is 0 Å². The maximum Gasteiger partial charge on any atom is 0.257 e. The molecule has 27 heavy (non-hydrogen) atoms. The Kier molecular flexibility index (Phi) is 4.94. The number of anilines is 1. The molecule has 10 heteroatoms. The van der Waals surface area contributed by atoms with Gasteiger partial charge in [-0.2, -0.15) is 4.31 Å². The average Bonchev–Trinajstić information content (AvgIpc) is 3.32. The van der Waals surface area contributed by atoms with Gasteiger partial charge in [-0.25, -0.2) is 8.42 Å². The lowest BCUT2D eigenvalue weighted by Gasteiger charge is -2.35. The molecule has 3 heterocycles. The van der Waals surface area contributed by atoms with E-state index in [0.29, 0.717) is 47.9 Å². The molecular formula is C17H17ClN4O3S2. The minimum atomic E-state index is -3.54. The molecule has 4 rings (SSSR count). The summed E-state index contributed by atoms with van der Waals surface area (Å²) in [7, 11) is -3.54. The van der Waals surface area contributed by atoms with E-state index in [0.717, 1.165) is 17.0 Å². The molecule has 0 atom stereocenters. The fourth-order valence-corrected chi connectivity index (χ4v) is 5.87. The smallest absolute Gasteiger partial charge is 0.257 e. The molecule has 2 aromatic heterocycles. The van der Waals surface area contributed by atoms with Gasteiger partial charge in [-0.05, 0) is 36.4 Å². The van der Waals surface area contributed by atoms with E-state index >= 15 is 0 Å². The van der Waals surface area contributed by atoms with Gasteiger partial charge in [0, 0.05) is 43.8 Å². The first-order chi connectivity index (χ1) is 12.9. The van der Waals surface area contributed by atoms with Crippen LogP contribution in [0.1, 0.15) is 5.89 Å². The number of piperazine rings is 1. The Balaban J connectivity index is 1.47. The first kappa shape index (κ1) is 18.4. The second kappa shape index (κ2) is 7.23. The largest absolute Gasteiger partial charge is 0.420 e. The summed E-state index contributed by atoms with van der Waals surface area (Å²) in [5, 5.41) is 8.41. The quantitative estimate of drug-likeness (QED) is 0.639. The van der Waals surface area contributed by atoms with E-state index in [-0.39, 0.29) is 4.21 Å². The summed E-state index contributed by atoms with van der Waals surface area (Å²) in [6.45, 7) is 3.81. The first-order valence-corrected chi connectivity index (χ1v) is 11.0. The summed E-state index contributed by atoms with van der Waals surface area (Å²) in [6, 6.07) is 10.9. The van der Waals surface area contributed by atoms with Gasteiger partial charge in [0.25, 0.3) is 15.9 Å². The molecule has 0 aliphatic carbocycles. The number of thiophene rings is 1. The van der Waals surface area contributed by atoms with E-state index in [1.807, 2.05) is 24.3 Å². The van der Waals surface area contributed by atoms with E-state index in [2.05, 4.69) is 15.1 Å². The molecule has 0 bridgehead atoms. The van der Waals surface area contributed by atoms with Crippen LogP contribution in [0.2, 0.25) is 5.02 Å². The van der Waals surface area contributed by atoms with Crippen LogP contribution in [0.5, 0.6) is 0 Å². The zero-order chi connectivity index (χ0) is 19.0. The molecule has 3 aromatic rings. The maximum atomic E-state index is 13.0. The Morgan fingerprint density at radius 2 is 1.74 bits per heavy atom. The number of rotatable bonds is 4. The third-order valence-electron chi connectivity index (χ3n) is 4.34. The molecule has 1 aliphatic heterocycles. The fraction of sp³-hybridized carbons (Fsp3) is 0.294. The number of hydrogen-bond donors (Lipinski definition) is 0. The topological polar surface area (TPSA) is 79.5 Å². The van der Waals surface area contributed by atoms with E-state index in [1.54, 1.807) is 19.1 Å². The zero-order valence-corrected chi connectivity index (χ0v) is 16.9. The molecule has 1 saturated heterocycles. The molecular weight excluding hydrogens is 408 g/mol. The van der Waals surface area contributed by atoms with Crippen LogP contribution in [-0.2, 0) is 10.0 Å². The van der Waals surface area contributed by atoms with Crippen LogP contribution in [0.3, 0.4) is 0 Å². The van der Waals surface area contributed by atoms with Gasteiger partial charge < -0.3 is 9.32 Å². The monoisotopic (exact) mass is 424 g/mol. The molecule has 1 fully saturated rings. The molecule has 1 aromatic carbocycles. The third-order valence-corrected chi connectivity index (χ3v) is 8.03. The van der Waals surface area contributed by atoms with Crippen molar-refractivity contribution in [2.75, 3.05) is 31.1 Å². The van der Waals surface area contributed by atoms with Gasteiger partial charge in [0.05, 0.1) is 4.88 Å². The minimum Gasteiger partial charge on any atom is -0.420 e. The molecule has 0 amide bonds. The Bertz CT molecular complexity index is 1040. The number of nitrogens with zero attached hydrogens (tertiary/aromatic N) is 4. The lowest BCUT2D eigenvalue weighted by atomic mass is 10.2. The van der Waals surface area contributed by atoms with Crippen LogP contribution in [0.25, 0.3) is 10.8 Å². The Labute approximate surface area is 166 Å². The van der Waals surface area contributed by atoms with E-state index in [4.69, 9.17) is 16.0 Å². The van der Waals surface area contributed by atoms with Crippen molar-refractivity contribution in [1.82, 2.24) is 14.5 Å². The summed E-state index contributed by atoms with van der Waals surface area (Å²) < 4.78 is 33.1. The lowest BCUT2D eigenvalue weighted by Crippen LogP contribution is -2.48. The van der Waals surface area contributed by atoms with E-state index in [9.17, 15) is 8.42 Å².